The van der Waals surface area contributed by atoms with Crippen molar-refractivity contribution in [1.82, 2.24) is 0 Å². The number of aliphatic hydroxyl groups is 2. The molecule has 0 aliphatic carbocycles. The summed E-state index contributed by atoms with van der Waals surface area (Å²) in [6.07, 6.45) is 21.6. The van der Waals surface area contributed by atoms with E-state index in [1.54, 1.807) is 0 Å². The molecule has 0 amide bonds. The molecule has 0 heterocycles. The van der Waals surface area contributed by atoms with E-state index in [1.807, 2.05) is 57.6 Å². The highest BCUT2D eigenvalue weighted by Gasteiger charge is 2.19. The van der Waals surface area contributed by atoms with Crippen LogP contribution in [0.5, 0.6) is 0 Å². The van der Waals surface area contributed by atoms with Gasteiger partial charge >= 0.3 is 5.97 Å². The van der Waals surface area contributed by atoms with Gasteiger partial charge in [-0.1, -0.05) is 74.8 Å². The summed E-state index contributed by atoms with van der Waals surface area (Å²) >= 11 is 0. The topological polar surface area (TPSA) is 125 Å². The third kappa shape index (κ3) is 24.7. The van der Waals surface area contributed by atoms with Gasteiger partial charge in [-0.05, 0) is 32.1 Å². The van der Waals surface area contributed by atoms with Crippen molar-refractivity contribution in [3.63, 3.8) is 0 Å². The van der Waals surface area contributed by atoms with Gasteiger partial charge in [0.2, 0.25) is 0 Å². The number of hydrogen-bond acceptors (Lipinski definition) is 8. The van der Waals surface area contributed by atoms with Gasteiger partial charge in [-0.25, -0.2) is 0 Å². The summed E-state index contributed by atoms with van der Waals surface area (Å²) < 4.78 is 27.0. The first kappa shape index (κ1) is 36.4. The minimum atomic E-state index is -4.54. The second kappa shape index (κ2) is 22.3. The number of ether oxygens (including phenoxy) is 1. The fourth-order valence-corrected chi connectivity index (χ4v) is 3.71. The highest BCUT2D eigenvalue weighted by atomic mass is 31.2. The maximum absolute atomic E-state index is 12.0. The van der Waals surface area contributed by atoms with Crippen molar-refractivity contribution in [2.75, 3.05) is 47.5 Å². The molecule has 0 bridgehead atoms. The summed E-state index contributed by atoms with van der Waals surface area (Å²) in [5.41, 5.74) is 0. The molecular weight excluding hydrogens is 509 g/mol. The van der Waals surface area contributed by atoms with Crippen LogP contribution in [-0.4, -0.2) is 80.4 Å². The Balaban J connectivity index is 3.98. The quantitative estimate of drug-likeness (QED) is 0.0476. The standard InChI is InChI=1S/C28H50NO8P/c1-5-6-16-19-26(31)20-17-14-12-10-8-7-9-11-13-15-18-21-28(32)37-27(24-30)25-36-38(33,34)35-23-22-29(2,3)4/h7-8,11-14,17,20,26-27,30-31H,5-6,9-10,15-16,18-19,21-25H2,1-4H3/b8-7-,13-11-,14-12-,20-17+/t26-,27-/m1/s1. The molecule has 0 spiro atoms. The van der Waals surface area contributed by atoms with Crippen molar-refractivity contribution < 1.29 is 42.7 Å². The molecule has 0 rings (SSSR count). The van der Waals surface area contributed by atoms with Crippen LogP contribution in [0.3, 0.4) is 0 Å². The molecule has 0 aromatic carbocycles. The molecule has 0 aliphatic rings. The number of esters is 1. The second-order valence-electron chi connectivity index (χ2n) is 10.1. The number of rotatable bonds is 23. The van der Waals surface area contributed by atoms with Gasteiger partial charge in [-0.2, -0.15) is 0 Å². The molecule has 10 heteroatoms. The van der Waals surface area contributed by atoms with Crippen LogP contribution in [0, 0.1) is 0 Å². The van der Waals surface area contributed by atoms with Gasteiger partial charge in [0.05, 0.1) is 40.5 Å². The summed E-state index contributed by atoms with van der Waals surface area (Å²) in [6.45, 7) is 1.54. The Hall–Kier alpha value is -1.58. The first-order valence-electron chi connectivity index (χ1n) is 13.5. The van der Waals surface area contributed by atoms with Crippen molar-refractivity contribution in [1.29, 1.82) is 0 Å². The zero-order chi connectivity index (χ0) is 28.7. The van der Waals surface area contributed by atoms with E-state index in [0.29, 0.717) is 23.9 Å². The van der Waals surface area contributed by atoms with Crippen LogP contribution >= 0.6 is 7.82 Å². The van der Waals surface area contributed by atoms with Gasteiger partial charge in [0.25, 0.3) is 7.82 Å². The Morgan fingerprint density at radius 1 is 1.00 bits per heavy atom. The number of allylic oxidation sites excluding steroid dienone is 7. The third-order valence-corrected chi connectivity index (χ3v) is 6.21. The Labute approximate surface area is 229 Å². The molecule has 0 aromatic heterocycles. The first-order chi connectivity index (χ1) is 18.0. The van der Waals surface area contributed by atoms with E-state index in [0.717, 1.165) is 38.5 Å². The van der Waals surface area contributed by atoms with Crippen molar-refractivity contribution in [2.24, 2.45) is 0 Å². The van der Waals surface area contributed by atoms with E-state index in [-0.39, 0.29) is 19.1 Å². The lowest BCUT2D eigenvalue weighted by molar-refractivity contribution is -0.870. The average Bonchev–Trinajstić information content (AvgIpc) is 2.83. The predicted octanol–water partition coefficient (Wildman–Crippen LogP) is 4.21. The number of phosphoric ester groups is 1. The maximum atomic E-state index is 12.0. The molecule has 38 heavy (non-hydrogen) atoms. The summed E-state index contributed by atoms with van der Waals surface area (Å²) in [5, 5.41) is 19.2. The zero-order valence-corrected chi connectivity index (χ0v) is 24.6. The molecule has 0 aliphatic heterocycles. The molecule has 2 N–H and O–H groups in total. The van der Waals surface area contributed by atoms with Gasteiger partial charge in [0.1, 0.15) is 19.3 Å². The SMILES string of the molecule is CCCCC[C@@H](O)/C=C/C=C\C/C=C\C/C=C\CCCC(=O)O[C@H](CO)COP(=O)([O-])OCC[N+](C)(C)C. The van der Waals surface area contributed by atoms with Gasteiger partial charge < -0.3 is 33.4 Å². The van der Waals surface area contributed by atoms with Crippen LogP contribution in [0.1, 0.15) is 64.7 Å². The van der Waals surface area contributed by atoms with Crippen molar-refractivity contribution in [3.8, 4) is 0 Å². The van der Waals surface area contributed by atoms with Gasteiger partial charge in [0, 0.05) is 6.42 Å². The zero-order valence-electron chi connectivity index (χ0n) is 23.7. The normalized spacial score (nSPS) is 16.1. The number of aliphatic hydroxyl groups excluding tert-OH is 2. The number of unbranched alkanes of at least 4 members (excludes halogenated alkanes) is 3. The van der Waals surface area contributed by atoms with Gasteiger partial charge in [0.15, 0.2) is 0 Å². The molecule has 220 valence electrons. The summed E-state index contributed by atoms with van der Waals surface area (Å²) in [4.78, 5) is 23.8. The van der Waals surface area contributed by atoms with Gasteiger partial charge in [-0.3, -0.25) is 9.36 Å². The van der Waals surface area contributed by atoms with Gasteiger partial charge in [-0.15, -0.1) is 0 Å². The Kier molecular flexibility index (Phi) is 21.3. The monoisotopic (exact) mass is 559 g/mol. The van der Waals surface area contributed by atoms with E-state index in [9.17, 15) is 24.5 Å². The number of quaternary nitrogens is 1. The molecule has 0 aromatic rings. The molecule has 0 saturated carbocycles. The molecule has 9 nitrogen and oxygen atoms in total. The lowest BCUT2D eigenvalue weighted by atomic mass is 10.1. The van der Waals surface area contributed by atoms with Crippen LogP contribution in [0.2, 0.25) is 0 Å². The molecule has 3 atom stereocenters. The Bertz CT molecular complexity index is 773. The summed E-state index contributed by atoms with van der Waals surface area (Å²) in [6, 6.07) is 0. The van der Waals surface area contributed by atoms with Crippen molar-refractivity contribution in [3.05, 3.63) is 48.6 Å². The fourth-order valence-electron chi connectivity index (χ4n) is 2.98. The number of carbonyl (C=O) groups excluding carboxylic acids is 1. The third-order valence-electron chi connectivity index (χ3n) is 5.25. The Morgan fingerprint density at radius 2 is 1.68 bits per heavy atom. The van der Waals surface area contributed by atoms with Crippen LogP contribution in [-0.2, 0) is 23.1 Å². The Morgan fingerprint density at radius 3 is 2.34 bits per heavy atom. The van der Waals surface area contributed by atoms with Crippen LogP contribution in [0.25, 0.3) is 0 Å². The van der Waals surface area contributed by atoms with Crippen LogP contribution < -0.4 is 4.89 Å². The molecule has 0 fully saturated rings. The van der Waals surface area contributed by atoms with E-state index < -0.39 is 33.1 Å². The minimum absolute atomic E-state index is 0.0309. The lowest BCUT2D eigenvalue weighted by Gasteiger charge is -2.28. The molecule has 0 radical (unpaired) electrons. The smallest absolute Gasteiger partial charge is 0.306 e. The number of likely N-dealkylation sites (N-methyl/N-ethyl adjacent to an activating group) is 1. The molecule has 1 unspecified atom stereocenters. The lowest BCUT2D eigenvalue weighted by Crippen LogP contribution is -2.37. The number of hydrogen-bond donors (Lipinski definition) is 2. The predicted molar refractivity (Wildman–Crippen MR) is 149 cm³/mol. The largest absolute Gasteiger partial charge is 0.756 e. The maximum Gasteiger partial charge on any atom is 0.306 e. The number of phosphoric acid groups is 1. The van der Waals surface area contributed by atoms with E-state index in [2.05, 4.69) is 19.1 Å². The van der Waals surface area contributed by atoms with Crippen LogP contribution in [0.4, 0.5) is 0 Å². The second-order valence-corrected chi connectivity index (χ2v) is 11.5. The van der Waals surface area contributed by atoms with E-state index in [1.165, 1.54) is 0 Å². The van der Waals surface area contributed by atoms with Crippen LogP contribution in [0.15, 0.2) is 48.6 Å². The van der Waals surface area contributed by atoms with Crippen molar-refractivity contribution >= 4 is 13.8 Å². The average molecular weight is 560 g/mol. The summed E-state index contributed by atoms with van der Waals surface area (Å²) in [7, 11) is 1.16. The molecule has 0 saturated heterocycles. The number of carbonyl (C=O) groups is 1. The van der Waals surface area contributed by atoms with E-state index in [4.69, 9.17) is 13.8 Å². The first-order valence-corrected chi connectivity index (χ1v) is 15.0. The summed E-state index contributed by atoms with van der Waals surface area (Å²) in [5.74, 6) is -0.526. The highest BCUT2D eigenvalue weighted by Crippen LogP contribution is 2.38. The minimum Gasteiger partial charge on any atom is -0.756 e. The fraction of sp³-hybridized carbons (Fsp3) is 0.679. The van der Waals surface area contributed by atoms with E-state index >= 15 is 0 Å². The highest BCUT2D eigenvalue weighted by molar-refractivity contribution is 7.45. The van der Waals surface area contributed by atoms with Crippen molar-refractivity contribution in [2.45, 2.75) is 76.9 Å². The molecular formula is C28H50NO8P. The number of nitrogens with zero attached hydrogens (tertiary/aromatic N) is 1.